The van der Waals surface area contributed by atoms with Crippen molar-refractivity contribution >= 4 is 17.5 Å². The lowest BCUT2D eigenvalue weighted by atomic mass is 9.96. The molecule has 29 heavy (non-hydrogen) atoms. The molecular formula is C23H31N3O3. The van der Waals surface area contributed by atoms with Gasteiger partial charge in [0.1, 0.15) is 11.8 Å². The lowest BCUT2D eigenvalue weighted by Crippen LogP contribution is -2.54. The molecule has 3 rings (SSSR count). The van der Waals surface area contributed by atoms with Gasteiger partial charge in [0.05, 0.1) is 12.8 Å². The third-order valence-electron chi connectivity index (χ3n) is 5.00. The van der Waals surface area contributed by atoms with Crippen LogP contribution in [0.15, 0.2) is 42.6 Å². The molecule has 6 nitrogen and oxygen atoms in total. The molecule has 2 heterocycles. The maximum absolute atomic E-state index is 13.7. The average molecular weight is 398 g/mol. The monoisotopic (exact) mass is 397 g/mol. The Morgan fingerprint density at radius 3 is 2.38 bits per heavy atom. The van der Waals surface area contributed by atoms with E-state index >= 15 is 0 Å². The number of carbonyl (C=O) groups excluding carboxylic acids is 2. The molecule has 2 atom stereocenters. The number of amides is 2. The van der Waals surface area contributed by atoms with Crippen LogP contribution in [-0.2, 0) is 9.59 Å². The van der Waals surface area contributed by atoms with E-state index in [1.165, 1.54) is 0 Å². The van der Waals surface area contributed by atoms with E-state index < -0.39 is 11.6 Å². The summed E-state index contributed by atoms with van der Waals surface area (Å²) in [5.41, 5.74) is 1.11. The van der Waals surface area contributed by atoms with E-state index in [1.54, 1.807) is 12.0 Å². The van der Waals surface area contributed by atoms with Gasteiger partial charge in [-0.2, -0.15) is 0 Å². The summed E-state index contributed by atoms with van der Waals surface area (Å²) in [4.78, 5) is 28.6. The largest absolute Gasteiger partial charge is 0.497 e. The van der Waals surface area contributed by atoms with E-state index in [0.717, 1.165) is 5.69 Å². The third kappa shape index (κ3) is 4.31. The summed E-state index contributed by atoms with van der Waals surface area (Å²) >= 11 is 0. The Hall–Kier alpha value is -2.76. The Morgan fingerprint density at radius 2 is 1.83 bits per heavy atom. The van der Waals surface area contributed by atoms with Crippen molar-refractivity contribution in [3.63, 3.8) is 0 Å². The van der Waals surface area contributed by atoms with Gasteiger partial charge in [-0.05, 0) is 69.5 Å². The molecule has 1 unspecified atom stereocenters. The van der Waals surface area contributed by atoms with Gasteiger partial charge in [-0.15, -0.1) is 0 Å². The first-order valence-corrected chi connectivity index (χ1v) is 10.1. The number of hydrogen-bond acceptors (Lipinski definition) is 3. The van der Waals surface area contributed by atoms with Crippen LogP contribution < -0.4 is 15.0 Å². The van der Waals surface area contributed by atoms with Crippen LogP contribution in [0.25, 0.3) is 0 Å². The van der Waals surface area contributed by atoms with Crippen LogP contribution in [0.2, 0.25) is 0 Å². The van der Waals surface area contributed by atoms with E-state index in [9.17, 15) is 9.59 Å². The molecule has 2 amide bonds. The number of rotatable bonds is 5. The highest BCUT2D eigenvalue weighted by molar-refractivity contribution is 6.04. The molecule has 1 aromatic carbocycles. The molecule has 1 aliphatic heterocycles. The van der Waals surface area contributed by atoms with E-state index in [0.29, 0.717) is 23.8 Å². The summed E-state index contributed by atoms with van der Waals surface area (Å²) in [6.07, 6.45) is 2.61. The fourth-order valence-electron chi connectivity index (χ4n) is 3.83. The predicted octanol–water partition coefficient (Wildman–Crippen LogP) is 4.09. The van der Waals surface area contributed by atoms with Gasteiger partial charge in [-0.25, -0.2) is 0 Å². The molecule has 2 aromatic rings. The minimum absolute atomic E-state index is 0.0679. The molecule has 1 aliphatic rings. The summed E-state index contributed by atoms with van der Waals surface area (Å²) in [6.45, 7) is 10.0. The fourth-order valence-corrected chi connectivity index (χ4v) is 3.83. The van der Waals surface area contributed by atoms with Crippen LogP contribution in [0.4, 0.5) is 5.69 Å². The number of nitrogens with one attached hydrogen (secondary N) is 1. The summed E-state index contributed by atoms with van der Waals surface area (Å²) < 4.78 is 7.22. The Balaban J connectivity index is 2.11. The van der Waals surface area contributed by atoms with Crippen molar-refractivity contribution in [1.29, 1.82) is 0 Å². The number of nitrogens with zero attached hydrogens (tertiary/aromatic N) is 2. The maximum atomic E-state index is 13.7. The molecule has 1 N–H and O–H groups in total. The van der Waals surface area contributed by atoms with Crippen molar-refractivity contribution in [1.82, 2.24) is 9.88 Å². The first kappa shape index (κ1) is 21.0. The van der Waals surface area contributed by atoms with E-state index in [2.05, 4.69) is 19.2 Å². The zero-order chi connectivity index (χ0) is 21.3. The van der Waals surface area contributed by atoms with Crippen LogP contribution >= 0.6 is 0 Å². The fraction of sp³-hybridized carbons (Fsp3) is 0.478. The second kappa shape index (κ2) is 7.93. The molecule has 0 saturated carbocycles. The van der Waals surface area contributed by atoms with Crippen molar-refractivity contribution in [2.45, 2.75) is 58.7 Å². The molecule has 1 aromatic heterocycles. The number of anilines is 1. The van der Waals surface area contributed by atoms with Gasteiger partial charge < -0.3 is 14.6 Å². The summed E-state index contributed by atoms with van der Waals surface area (Å²) in [5.74, 6) is 0.791. The molecular weight excluding hydrogens is 366 g/mol. The van der Waals surface area contributed by atoms with Gasteiger partial charge >= 0.3 is 0 Å². The number of fused-ring (bicyclic) bond motifs is 1. The number of hydrogen-bond donors (Lipinski definition) is 1. The quantitative estimate of drug-likeness (QED) is 0.827. The van der Waals surface area contributed by atoms with Crippen molar-refractivity contribution in [3.05, 3.63) is 48.3 Å². The summed E-state index contributed by atoms with van der Waals surface area (Å²) in [5, 5.41) is 3.05. The Bertz CT molecular complexity index is 878. The van der Waals surface area contributed by atoms with Crippen LogP contribution in [0.3, 0.4) is 0 Å². The highest BCUT2D eigenvalue weighted by Crippen LogP contribution is 2.39. The number of ether oxygens (including phenoxy) is 1. The molecule has 156 valence electrons. The van der Waals surface area contributed by atoms with Crippen LogP contribution in [-0.4, -0.2) is 29.0 Å². The minimum Gasteiger partial charge on any atom is -0.497 e. The second-order valence-electron chi connectivity index (χ2n) is 9.03. The zero-order valence-corrected chi connectivity index (χ0v) is 18.1. The average Bonchev–Trinajstić information content (AvgIpc) is 3.11. The molecule has 0 fully saturated rings. The molecule has 6 heteroatoms. The molecule has 0 spiro atoms. The Morgan fingerprint density at radius 1 is 1.17 bits per heavy atom. The van der Waals surface area contributed by atoms with Crippen molar-refractivity contribution < 1.29 is 14.3 Å². The van der Waals surface area contributed by atoms with Crippen LogP contribution in [0.1, 0.15) is 58.8 Å². The van der Waals surface area contributed by atoms with E-state index in [1.807, 2.05) is 67.9 Å². The van der Waals surface area contributed by atoms with Gasteiger partial charge in [-0.1, -0.05) is 13.8 Å². The van der Waals surface area contributed by atoms with Crippen LogP contribution in [0.5, 0.6) is 5.75 Å². The van der Waals surface area contributed by atoms with Gasteiger partial charge in [0.25, 0.3) is 5.91 Å². The van der Waals surface area contributed by atoms with Crippen molar-refractivity contribution in [3.8, 4) is 5.75 Å². The van der Waals surface area contributed by atoms with Gasteiger partial charge in [-0.3, -0.25) is 14.5 Å². The van der Waals surface area contributed by atoms with E-state index in [-0.39, 0.29) is 17.9 Å². The van der Waals surface area contributed by atoms with E-state index in [4.69, 9.17) is 4.74 Å². The first-order chi connectivity index (χ1) is 13.6. The Kier molecular flexibility index (Phi) is 5.73. The number of aromatic nitrogens is 1. The molecule has 0 bridgehead atoms. The molecule has 0 radical (unpaired) electrons. The second-order valence-corrected chi connectivity index (χ2v) is 9.03. The Labute approximate surface area is 172 Å². The van der Waals surface area contributed by atoms with Gasteiger partial charge in [0, 0.05) is 17.4 Å². The van der Waals surface area contributed by atoms with Crippen molar-refractivity contribution in [2.24, 2.45) is 5.92 Å². The lowest BCUT2D eigenvalue weighted by Gasteiger charge is -2.41. The lowest BCUT2D eigenvalue weighted by molar-refractivity contribution is -0.130. The number of methoxy groups -OCH3 is 1. The molecule has 0 saturated heterocycles. The highest BCUT2D eigenvalue weighted by atomic mass is 16.5. The summed E-state index contributed by atoms with van der Waals surface area (Å²) in [7, 11) is 1.60. The number of carbonyl (C=O) groups is 2. The third-order valence-corrected chi connectivity index (χ3v) is 5.00. The van der Waals surface area contributed by atoms with Crippen molar-refractivity contribution in [2.75, 3.05) is 12.0 Å². The van der Waals surface area contributed by atoms with Gasteiger partial charge in [0.15, 0.2) is 6.04 Å². The minimum atomic E-state index is -0.728. The normalized spacial score (nSPS) is 19.3. The highest BCUT2D eigenvalue weighted by Gasteiger charge is 2.44. The smallest absolute Gasteiger partial charge is 0.251 e. The molecule has 0 aliphatic carbocycles. The topological polar surface area (TPSA) is 63.6 Å². The summed E-state index contributed by atoms with van der Waals surface area (Å²) in [6, 6.07) is 10.1. The predicted molar refractivity (Wildman–Crippen MR) is 114 cm³/mol. The SMILES string of the molecule is COc1ccc(N2C(=O)[C@H](CC(C)C)n3cccc3C2C(=O)NC(C)(C)C)cc1. The zero-order valence-electron chi connectivity index (χ0n) is 18.1. The standard InChI is InChI=1S/C23H31N3O3/c1-15(2)14-19-22(28)26(16-9-11-17(29-6)12-10-16)20(18-8-7-13-25(18)19)21(27)24-23(3,4)5/h7-13,15,19-20H,14H2,1-6H3,(H,24,27)/t19-,20?/m0/s1. The number of benzene rings is 1. The first-order valence-electron chi connectivity index (χ1n) is 10.1. The van der Waals surface area contributed by atoms with Gasteiger partial charge in [0.2, 0.25) is 5.91 Å². The van der Waals surface area contributed by atoms with Crippen LogP contribution in [0, 0.1) is 5.92 Å². The maximum Gasteiger partial charge on any atom is 0.251 e.